The van der Waals surface area contributed by atoms with E-state index < -0.39 is 86.5 Å². The van der Waals surface area contributed by atoms with Crippen LogP contribution in [0.15, 0.2) is 24.3 Å². The first-order valence-corrected chi connectivity index (χ1v) is 13.4. The maximum Gasteiger partial charge on any atom is 0.491 e. The molecule has 44 heavy (non-hydrogen) atoms. The van der Waals surface area contributed by atoms with Crippen LogP contribution in [-0.4, -0.2) is 93.7 Å². The summed E-state index contributed by atoms with van der Waals surface area (Å²) in [6.45, 7) is -0.720. The lowest BCUT2D eigenvalue weighted by Gasteiger charge is -2.25. The molecule has 1 saturated heterocycles. The Morgan fingerprint density at radius 2 is 1.50 bits per heavy atom. The predicted octanol–water partition coefficient (Wildman–Crippen LogP) is -2.15. The van der Waals surface area contributed by atoms with Crippen molar-refractivity contribution in [1.29, 1.82) is 0 Å². The van der Waals surface area contributed by atoms with Crippen molar-refractivity contribution in [1.82, 2.24) is 15.5 Å². The smallest absolute Gasteiger partial charge is 0.481 e. The molecule has 0 unspecified atom stereocenters. The van der Waals surface area contributed by atoms with E-state index in [9.17, 15) is 47.9 Å². The number of nitrogens with one attached hydrogen (secondary N) is 2. The number of nitrogens with zero attached hydrogens (tertiary/aromatic N) is 1. The number of benzene rings is 2. The molecule has 0 radical (unpaired) electrons. The number of amides is 3. The molecule has 0 spiro atoms. The Morgan fingerprint density at radius 3 is 2.07 bits per heavy atom. The lowest BCUT2D eigenvalue weighted by atomic mass is 9.78. The average molecular weight is 615 g/mol. The molecule has 1 fully saturated rings. The number of fused-ring (bicyclic) bond motifs is 2. The molecule has 0 bridgehead atoms. The van der Waals surface area contributed by atoms with Crippen molar-refractivity contribution in [2.75, 3.05) is 6.54 Å². The summed E-state index contributed by atoms with van der Waals surface area (Å²) in [4.78, 5) is 63.7. The highest BCUT2D eigenvalue weighted by atomic mass is 19.1. The largest absolute Gasteiger partial charge is 0.491 e. The first-order chi connectivity index (χ1) is 20.8. The Bertz CT molecular complexity index is 1560. The number of hydrogen-bond donors (Lipinski definition) is 6. The second-order valence-electron chi connectivity index (χ2n) is 10.6. The standard InChI is InChI=1S/C26H25B2F2N3O11/c29-18-5-11(3-16-14(18)9-43-27(16)41)23(36)31-13-7-21(24(37)32-20(26(39)40)1-2-22(34)35)33(8-13)25(38)12-4-17-15(19(30)6-12)10-44-28(17)42/h3-6,13,20-21,41-42H,1-2,7-10H2,(H,31,36)(H,32,37)(H,34,35)(H,39,40)/t13-,20+,21+/m1/s1. The van der Waals surface area contributed by atoms with E-state index in [1.807, 2.05) is 0 Å². The van der Waals surface area contributed by atoms with Gasteiger partial charge in [-0.25, -0.2) is 13.6 Å². The lowest BCUT2D eigenvalue weighted by molar-refractivity contribution is -0.143. The summed E-state index contributed by atoms with van der Waals surface area (Å²) in [7, 11) is -2.92. The zero-order valence-corrected chi connectivity index (χ0v) is 22.8. The molecule has 0 aromatic heterocycles. The topological polar surface area (TPSA) is 212 Å². The zero-order valence-electron chi connectivity index (χ0n) is 22.8. The maximum atomic E-state index is 14.8. The third-order valence-corrected chi connectivity index (χ3v) is 7.73. The van der Waals surface area contributed by atoms with Gasteiger partial charge < -0.3 is 45.1 Å². The number of halogens is 2. The van der Waals surface area contributed by atoms with Gasteiger partial charge in [-0.1, -0.05) is 0 Å². The van der Waals surface area contributed by atoms with Gasteiger partial charge in [-0.15, -0.1) is 0 Å². The van der Waals surface area contributed by atoms with Crippen LogP contribution in [0.4, 0.5) is 8.78 Å². The monoisotopic (exact) mass is 615 g/mol. The Balaban J connectivity index is 1.40. The van der Waals surface area contributed by atoms with E-state index in [-0.39, 0.29) is 59.4 Å². The van der Waals surface area contributed by atoms with E-state index >= 15 is 0 Å². The van der Waals surface area contributed by atoms with Gasteiger partial charge in [0.25, 0.3) is 11.8 Å². The highest BCUT2D eigenvalue weighted by Crippen LogP contribution is 2.24. The predicted molar refractivity (Wildman–Crippen MR) is 145 cm³/mol. The van der Waals surface area contributed by atoms with E-state index in [0.29, 0.717) is 0 Å². The molecule has 2 aromatic carbocycles. The van der Waals surface area contributed by atoms with Crippen LogP contribution in [0.5, 0.6) is 0 Å². The number of carboxylic acid groups (broad SMARTS) is 2. The summed E-state index contributed by atoms with van der Waals surface area (Å²) in [6, 6.07) is 0.340. The van der Waals surface area contributed by atoms with E-state index in [4.69, 9.17) is 14.4 Å². The van der Waals surface area contributed by atoms with Crippen LogP contribution >= 0.6 is 0 Å². The van der Waals surface area contributed by atoms with Crippen molar-refractivity contribution >= 4 is 54.8 Å². The van der Waals surface area contributed by atoms with Crippen LogP contribution in [0.2, 0.25) is 0 Å². The van der Waals surface area contributed by atoms with Gasteiger partial charge in [0.15, 0.2) is 0 Å². The summed E-state index contributed by atoms with van der Waals surface area (Å²) >= 11 is 0. The van der Waals surface area contributed by atoms with Crippen molar-refractivity contribution in [2.24, 2.45) is 0 Å². The number of carbonyl (C=O) groups excluding carboxylic acids is 3. The average Bonchev–Trinajstić information content (AvgIpc) is 3.67. The second-order valence-corrected chi connectivity index (χ2v) is 10.6. The summed E-state index contributed by atoms with van der Waals surface area (Å²) in [5.41, 5.74) is -0.202. The SMILES string of the molecule is O=C(O)CC[C@H](NC(=O)[C@@H]1C[C@@H](NC(=O)c2cc(F)c3c(c2)B(O)OC3)CN1C(=O)c1cc(F)c2c(c1)B(O)OC2)C(=O)O. The maximum absolute atomic E-state index is 14.8. The van der Waals surface area contributed by atoms with Gasteiger partial charge in [0, 0.05) is 41.3 Å². The molecule has 3 heterocycles. The second kappa shape index (κ2) is 12.3. The minimum absolute atomic E-state index is 0.0165. The molecular weight excluding hydrogens is 590 g/mol. The molecule has 0 saturated carbocycles. The van der Waals surface area contributed by atoms with Gasteiger partial charge >= 0.3 is 26.2 Å². The van der Waals surface area contributed by atoms with Gasteiger partial charge in [-0.3, -0.25) is 19.2 Å². The molecule has 3 amide bonds. The van der Waals surface area contributed by atoms with Gasteiger partial charge in [-0.05, 0) is 48.0 Å². The number of carbonyl (C=O) groups is 5. The number of likely N-dealkylation sites (tertiary alicyclic amines) is 1. The first kappa shape index (κ1) is 31.1. The summed E-state index contributed by atoms with van der Waals surface area (Å²) in [6.07, 6.45) is -1.27. The number of hydrogen-bond acceptors (Lipinski definition) is 9. The van der Waals surface area contributed by atoms with Crippen LogP contribution in [-0.2, 0) is 36.9 Å². The highest BCUT2D eigenvalue weighted by molar-refractivity contribution is 6.62. The summed E-state index contributed by atoms with van der Waals surface area (Å²) in [5.74, 6) is -7.09. The van der Waals surface area contributed by atoms with E-state index in [1.165, 1.54) is 12.1 Å². The van der Waals surface area contributed by atoms with Crippen molar-refractivity contribution in [2.45, 2.75) is 50.6 Å². The van der Waals surface area contributed by atoms with Gasteiger partial charge in [-0.2, -0.15) is 0 Å². The van der Waals surface area contributed by atoms with Crippen LogP contribution in [0.25, 0.3) is 0 Å². The summed E-state index contributed by atoms with van der Waals surface area (Å²) < 4.78 is 39.3. The molecule has 6 N–H and O–H groups in total. The number of aliphatic carboxylic acids is 2. The Morgan fingerprint density at radius 1 is 0.932 bits per heavy atom. The fourth-order valence-corrected chi connectivity index (χ4v) is 5.46. The Kier molecular flexibility index (Phi) is 8.69. The van der Waals surface area contributed by atoms with Gasteiger partial charge in [0.1, 0.15) is 23.7 Å². The third kappa shape index (κ3) is 6.14. The molecule has 0 aliphatic carbocycles. The lowest BCUT2D eigenvalue weighted by Crippen LogP contribution is -2.51. The highest BCUT2D eigenvalue weighted by Gasteiger charge is 2.43. The van der Waals surface area contributed by atoms with Crippen molar-refractivity contribution in [3.63, 3.8) is 0 Å². The van der Waals surface area contributed by atoms with Crippen LogP contribution in [0.1, 0.15) is 51.1 Å². The number of carboxylic acids is 2. The van der Waals surface area contributed by atoms with Crippen LogP contribution in [0.3, 0.4) is 0 Å². The van der Waals surface area contributed by atoms with E-state index in [2.05, 4.69) is 10.6 Å². The first-order valence-electron chi connectivity index (χ1n) is 13.4. The van der Waals surface area contributed by atoms with Crippen LogP contribution in [0, 0.1) is 11.6 Å². The molecule has 18 heteroatoms. The quantitative estimate of drug-likeness (QED) is 0.168. The molecule has 5 rings (SSSR count). The van der Waals surface area contributed by atoms with Crippen molar-refractivity contribution in [3.8, 4) is 0 Å². The fraction of sp³-hybridized carbons (Fsp3) is 0.346. The minimum atomic E-state index is -1.61. The molecule has 3 aliphatic rings. The summed E-state index contributed by atoms with van der Waals surface area (Å²) in [5, 5.41) is 43.2. The molecule has 230 valence electrons. The number of rotatable bonds is 9. The Labute approximate surface area is 248 Å². The van der Waals surface area contributed by atoms with Crippen LogP contribution < -0.4 is 21.6 Å². The molecule has 3 aliphatic heterocycles. The van der Waals surface area contributed by atoms with Crippen molar-refractivity contribution < 1.29 is 62.3 Å². The molecule has 3 atom stereocenters. The third-order valence-electron chi connectivity index (χ3n) is 7.73. The minimum Gasteiger partial charge on any atom is -0.481 e. The zero-order chi connectivity index (χ0) is 31.9. The van der Waals surface area contributed by atoms with Gasteiger partial charge in [0.05, 0.1) is 13.2 Å². The van der Waals surface area contributed by atoms with Crippen molar-refractivity contribution in [3.05, 3.63) is 58.2 Å². The molecule has 2 aromatic rings. The fourth-order valence-electron chi connectivity index (χ4n) is 5.46. The van der Waals surface area contributed by atoms with Gasteiger partial charge in [0.2, 0.25) is 5.91 Å². The normalized spacial score (nSPS) is 19.4. The molecular formula is C26H25B2F2N3O11. The molecule has 14 nitrogen and oxygen atoms in total. The van der Waals surface area contributed by atoms with E-state index in [1.54, 1.807) is 0 Å². The Hall–Kier alpha value is -4.38. The van der Waals surface area contributed by atoms with E-state index in [0.717, 1.165) is 17.0 Å².